The highest BCUT2D eigenvalue weighted by Gasteiger charge is 2.28. The first-order valence-electron chi connectivity index (χ1n) is 8.76. The zero-order chi connectivity index (χ0) is 20.1. The summed E-state index contributed by atoms with van der Waals surface area (Å²) in [5.41, 5.74) is 0.345. The van der Waals surface area contributed by atoms with Crippen molar-refractivity contribution in [2.75, 3.05) is 18.2 Å². The normalized spacial score (nSPS) is 13.9. The summed E-state index contributed by atoms with van der Waals surface area (Å²) in [6.07, 6.45) is 1.99. The number of halogens is 1. The minimum atomic E-state index is -3.60. The van der Waals surface area contributed by atoms with E-state index in [-0.39, 0.29) is 23.3 Å². The lowest BCUT2D eigenvalue weighted by molar-refractivity contribution is -0.115. The standard InChI is InChI=1S/C19H21BrN2O4S2/c1-26-17-9-8-14(28(24,25)22-13-6-7-13)12-16(17)21-19(23)10-11-27-18-5-3-2-4-15(18)20/h2-5,8-9,12-13,22H,6-7,10-11H2,1H3,(H,21,23). The van der Waals surface area contributed by atoms with Crippen molar-refractivity contribution in [3.63, 3.8) is 0 Å². The zero-order valence-electron chi connectivity index (χ0n) is 15.3. The predicted octanol–water partition coefficient (Wildman–Crippen LogP) is 4.02. The van der Waals surface area contributed by atoms with Crippen LogP contribution < -0.4 is 14.8 Å². The van der Waals surface area contributed by atoms with Crippen LogP contribution in [0.1, 0.15) is 19.3 Å². The third-order valence-electron chi connectivity index (χ3n) is 4.08. The molecule has 2 N–H and O–H groups in total. The molecule has 0 bridgehead atoms. The number of hydrogen-bond donors (Lipinski definition) is 2. The molecule has 150 valence electrons. The molecule has 1 saturated carbocycles. The number of carbonyl (C=O) groups excluding carboxylic acids is 1. The van der Waals surface area contributed by atoms with Crippen LogP contribution in [0.3, 0.4) is 0 Å². The van der Waals surface area contributed by atoms with Crippen LogP contribution in [0.15, 0.2) is 56.7 Å². The number of sulfonamides is 1. The van der Waals surface area contributed by atoms with Gasteiger partial charge >= 0.3 is 0 Å². The van der Waals surface area contributed by atoms with Gasteiger partial charge in [-0.25, -0.2) is 13.1 Å². The number of amides is 1. The second-order valence-corrected chi connectivity index (χ2v) is 10.0. The number of ether oxygens (including phenoxy) is 1. The van der Waals surface area contributed by atoms with Crippen molar-refractivity contribution in [3.05, 3.63) is 46.9 Å². The van der Waals surface area contributed by atoms with Gasteiger partial charge in [-0.15, -0.1) is 11.8 Å². The summed E-state index contributed by atoms with van der Waals surface area (Å²) >= 11 is 5.06. The Hall–Kier alpha value is -1.55. The Morgan fingerprint density at radius 2 is 2.00 bits per heavy atom. The van der Waals surface area contributed by atoms with E-state index in [1.165, 1.54) is 19.2 Å². The maximum atomic E-state index is 12.4. The van der Waals surface area contributed by atoms with Crippen LogP contribution in [0.5, 0.6) is 5.75 Å². The van der Waals surface area contributed by atoms with Crippen LogP contribution in [-0.2, 0) is 14.8 Å². The van der Waals surface area contributed by atoms with Crippen LogP contribution in [0.25, 0.3) is 0 Å². The quantitative estimate of drug-likeness (QED) is 0.525. The van der Waals surface area contributed by atoms with Crippen molar-refractivity contribution < 1.29 is 17.9 Å². The Balaban J connectivity index is 1.64. The van der Waals surface area contributed by atoms with Crippen molar-refractivity contribution in [1.82, 2.24) is 4.72 Å². The summed E-state index contributed by atoms with van der Waals surface area (Å²) in [5, 5.41) is 2.76. The molecule has 1 fully saturated rings. The summed E-state index contributed by atoms with van der Waals surface area (Å²) in [7, 11) is -2.13. The summed E-state index contributed by atoms with van der Waals surface area (Å²) in [6.45, 7) is 0. The predicted molar refractivity (Wildman–Crippen MR) is 114 cm³/mol. The van der Waals surface area contributed by atoms with Crippen molar-refractivity contribution >= 4 is 49.3 Å². The Morgan fingerprint density at radius 1 is 1.25 bits per heavy atom. The number of rotatable bonds is 9. The van der Waals surface area contributed by atoms with Crippen LogP contribution in [0.2, 0.25) is 0 Å². The summed E-state index contributed by atoms with van der Waals surface area (Å²) in [6, 6.07) is 12.3. The van der Waals surface area contributed by atoms with E-state index in [0.29, 0.717) is 17.2 Å². The first-order chi connectivity index (χ1) is 13.4. The molecule has 3 rings (SSSR count). The minimum Gasteiger partial charge on any atom is -0.495 e. The Bertz CT molecular complexity index is 962. The monoisotopic (exact) mass is 484 g/mol. The Kier molecular flexibility index (Phi) is 7.03. The van der Waals surface area contributed by atoms with Gasteiger partial charge in [-0.1, -0.05) is 12.1 Å². The van der Waals surface area contributed by atoms with Gasteiger partial charge in [0, 0.05) is 27.6 Å². The van der Waals surface area contributed by atoms with Gasteiger partial charge in [-0.05, 0) is 59.1 Å². The lowest BCUT2D eigenvalue weighted by atomic mass is 10.3. The molecule has 2 aromatic rings. The molecule has 0 unspecified atom stereocenters. The first-order valence-corrected chi connectivity index (χ1v) is 12.0. The molecule has 0 spiro atoms. The molecule has 9 heteroatoms. The highest BCUT2D eigenvalue weighted by Crippen LogP contribution is 2.30. The summed E-state index contributed by atoms with van der Waals surface area (Å²) in [5.74, 6) is 0.803. The number of anilines is 1. The van der Waals surface area contributed by atoms with Gasteiger partial charge in [-0.2, -0.15) is 0 Å². The van der Waals surface area contributed by atoms with E-state index in [0.717, 1.165) is 22.2 Å². The molecular formula is C19H21BrN2O4S2. The summed E-state index contributed by atoms with van der Waals surface area (Å²) < 4.78 is 33.7. The molecule has 0 aromatic heterocycles. The molecule has 1 aliphatic carbocycles. The maximum absolute atomic E-state index is 12.4. The van der Waals surface area contributed by atoms with Gasteiger partial charge < -0.3 is 10.1 Å². The number of nitrogens with one attached hydrogen (secondary N) is 2. The SMILES string of the molecule is COc1ccc(S(=O)(=O)NC2CC2)cc1NC(=O)CCSc1ccccc1Br. The van der Waals surface area contributed by atoms with Gasteiger partial charge in [0.05, 0.1) is 17.7 Å². The largest absolute Gasteiger partial charge is 0.495 e. The second-order valence-electron chi connectivity index (χ2n) is 6.33. The van der Waals surface area contributed by atoms with E-state index in [9.17, 15) is 13.2 Å². The first kappa shape index (κ1) is 21.2. The van der Waals surface area contributed by atoms with Crippen LogP contribution in [-0.4, -0.2) is 33.2 Å². The average molecular weight is 485 g/mol. The van der Waals surface area contributed by atoms with Gasteiger partial charge in [0.1, 0.15) is 5.75 Å². The molecule has 0 aliphatic heterocycles. The van der Waals surface area contributed by atoms with E-state index in [1.807, 2.05) is 24.3 Å². The molecule has 0 radical (unpaired) electrons. The number of benzene rings is 2. The topological polar surface area (TPSA) is 84.5 Å². The average Bonchev–Trinajstić information content (AvgIpc) is 3.46. The minimum absolute atomic E-state index is 0.0134. The molecule has 0 heterocycles. The van der Waals surface area contributed by atoms with E-state index in [2.05, 4.69) is 26.0 Å². The van der Waals surface area contributed by atoms with Gasteiger partial charge in [-0.3, -0.25) is 4.79 Å². The molecule has 0 atom stereocenters. The van der Waals surface area contributed by atoms with Crippen LogP contribution >= 0.6 is 27.7 Å². The number of thioether (sulfide) groups is 1. The molecule has 0 saturated heterocycles. The van der Waals surface area contributed by atoms with Gasteiger partial charge in [0.2, 0.25) is 15.9 Å². The molecular weight excluding hydrogens is 464 g/mol. The van der Waals surface area contributed by atoms with Gasteiger partial charge in [0.15, 0.2) is 0 Å². The van der Waals surface area contributed by atoms with Crippen molar-refractivity contribution in [2.45, 2.75) is 35.1 Å². The van der Waals surface area contributed by atoms with Crippen LogP contribution in [0, 0.1) is 0 Å². The highest BCUT2D eigenvalue weighted by atomic mass is 79.9. The fourth-order valence-electron chi connectivity index (χ4n) is 2.47. The molecule has 2 aromatic carbocycles. The van der Waals surface area contributed by atoms with Crippen molar-refractivity contribution in [3.8, 4) is 5.75 Å². The van der Waals surface area contributed by atoms with Crippen molar-refractivity contribution in [2.24, 2.45) is 0 Å². The molecule has 1 amide bonds. The smallest absolute Gasteiger partial charge is 0.240 e. The number of methoxy groups -OCH3 is 1. The third-order valence-corrected chi connectivity index (χ3v) is 7.63. The fraction of sp³-hybridized carbons (Fsp3) is 0.316. The fourth-order valence-corrected chi connectivity index (χ4v) is 5.32. The summed E-state index contributed by atoms with van der Waals surface area (Å²) in [4.78, 5) is 13.5. The highest BCUT2D eigenvalue weighted by molar-refractivity contribution is 9.10. The lowest BCUT2D eigenvalue weighted by Crippen LogP contribution is -2.26. The maximum Gasteiger partial charge on any atom is 0.240 e. The van der Waals surface area contributed by atoms with E-state index >= 15 is 0 Å². The molecule has 28 heavy (non-hydrogen) atoms. The van der Waals surface area contributed by atoms with E-state index < -0.39 is 10.0 Å². The molecule has 6 nitrogen and oxygen atoms in total. The number of hydrogen-bond acceptors (Lipinski definition) is 5. The third kappa shape index (κ3) is 5.73. The molecule has 1 aliphatic rings. The van der Waals surface area contributed by atoms with E-state index in [4.69, 9.17) is 4.74 Å². The Labute approximate surface area is 177 Å². The van der Waals surface area contributed by atoms with Crippen molar-refractivity contribution in [1.29, 1.82) is 0 Å². The Morgan fingerprint density at radius 3 is 2.68 bits per heavy atom. The number of carbonyl (C=O) groups is 1. The zero-order valence-corrected chi connectivity index (χ0v) is 18.5. The van der Waals surface area contributed by atoms with Crippen LogP contribution in [0.4, 0.5) is 5.69 Å². The second kappa shape index (κ2) is 9.30. The van der Waals surface area contributed by atoms with E-state index in [1.54, 1.807) is 17.8 Å². The lowest BCUT2D eigenvalue weighted by Gasteiger charge is -2.13. The van der Waals surface area contributed by atoms with Gasteiger partial charge in [0.25, 0.3) is 0 Å².